The number of nitrogens with one attached hydrogen (secondary N) is 2. The smallest absolute Gasteiger partial charge is 0.318 e. The number of urea groups is 1. The first-order valence-electron chi connectivity index (χ1n) is 18.4. The second kappa shape index (κ2) is 14.5. The molecule has 12 nitrogen and oxygen atoms in total. The number of pyridine rings is 1. The van der Waals surface area contributed by atoms with Crippen LogP contribution < -0.4 is 19.5 Å². The molecule has 3 amide bonds. The lowest BCUT2D eigenvalue weighted by Gasteiger charge is -2.25. The minimum atomic E-state index is -3.91. The number of rotatable bonds is 8. The Bertz CT molecular complexity index is 2080. The van der Waals surface area contributed by atoms with Crippen LogP contribution in [0.5, 0.6) is 11.5 Å². The Kier molecular flexibility index (Phi) is 10.3. The van der Waals surface area contributed by atoms with Gasteiger partial charge in [-0.15, -0.1) is 11.3 Å². The van der Waals surface area contributed by atoms with Crippen LogP contribution in [0.25, 0.3) is 21.6 Å². The fourth-order valence-corrected chi connectivity index (χ4v) is 9.86. The molecule has 0 spiro atoms. The number of nitrogens with zero attached hydrogens (tertiary/aromatic N) is 3. The number of thiazole rings is 1. The third-order valence-corrected chi connectivity index (χ3v) is 14.6. The SMILES string of the molecule is COc1ccc2c(O[C@@H]3C[C@H]4C(=O)C[C@]5(C(=O)NS(=O)(=O)C6(C)CC6)C[C@H]5/C=C\CCCCCNC(=O)N4C3)cc(-c3nc(C(C)C)cs3)nc2c1Cl. The van der Waals surface area contributed by atoms with Gasteiger partial charge in [0.1, 0.15) is 33.3 Å². The van der Waals surface area contributed by atoms with Crippen LogP contribution in [0.1, 0.15) is 90.2 Å². The van der Waals surface area contributed by atoms with E-state index in [0.717, 1.165) is 31.4 Å². The minimum absolute atomic E-state index is 0.120. The van der Waals surface area contributed by atoms with E-state index in [1.165, 1.54) is 23.3 Å². The highest BCUT2D eigenvalue weighted by molar-refractivity contribution is 7.91. The molecule has 0 radical (unpaired) electrons. The van der Waals surface area contributed by atoms with Crippen LogP contribution in [0.2, 0.25) is 5.02 Å². The van der Waals surface area contributed by atoms with Crippen LogP contribution in [0.3, 0.4) is 0 Å². The quantitative estimate of drug-likeness (QED) is 0.236. The molecule has 284 valence electrons. The van der Waals surface area contributed by atoms with E-state index in [1.807, 2.05) is 29.7 Å². The monoisotopic (exact) mass is 783 g/mol. The second-order valence-electron chi connectivity index (χ2n) is 15.4. The Balaban J connectivity index is 1.20. The van der Waals surface area contributed by atoms with Gasteiger partial charge >= 0.3 is 6.03 Å². The molecule has 2 saturated carbocycles. The number of allylic oxidation sites excluding steroid dienone is 2. The van der Waals surface area contributed by atoms with Gasteiger partial charge in [0.05, 0.1) is 41.1 Å². The molecule has 7 rings (SSSR count). The summed E-state index contributed by atoms with van der Waals surface area (Å²) in [6.45, 7) is 6.35. The van der Waals surface area contributed by atoms with Crippen molar-refractivity contribution >= 4 is 61.6 Å². The van der Waals surface area contributed by atoms with Crippen LogP contribution in [0.15, 0.2) is 35.7 Å². The fraction of sp³-hybridized carbons (Fsp3) is 0.553. The number of sulfonamides is 1. The maximum atomic E-state index is 14.3. The maximum absolute atomic E-state index is 14.3. The van der Waals surface area contributed by atoms with E-state index in [0.29, 0.717) is 63.9 Å². The first-order chi connectivity index (χ1) is 25.2. The molecular formula is C38H46ClN5O7S2. The molecule has 15 heteroatoms. The molecule has 4 heterocycles. The topological polar surface area (TPSA) is 157 Å². The molecule has 4 atom stereocenters. The van der Waals surface area contributed by atoms with Gasteiger partial charge in [-0.1, -0.05) is 44.0 Å². The van der Waals surface area contributed by atoms with Crippen molar-refractivity contribution in [2.24, 2.45) is 11.3 Å². The summed E-state index contributed by atoms with van der Waals surface area (Å²) in [5, 5.41) is 6.63. The van der Waals surface area contributed by atoms with Crippen molar-refractivity contribution in [2.45, 2.75) is 101 Å². The van der Waals surface area contributed by atoms with Crippen LogP contribution >= 0.6 is 22.9 Å². The Morgan fingerprint density at radius 3 is 2.66 bits per heavy atom. The third-order valence-electron chi connectivity index (χ3n) is 11.2. The molecule has 0 unspecified atom stereocenters. The summed E-state index contributed by atoms with van der Waals surface area (Å²) in [7, 11) is -2.37. The highest BCUT2D eigenvalue weighted by Gasteiger charge is 2.62. The normalized spacial score (nSPS) is 26.5. The average molecular weight is 784 g/mol. The van der Waals surface area contributed by atoms with Crippen molar-refractivity contribution in [3.8, 4) is 22.2 Å². The van der Waals surface area contributed by atoms with E-state index in [2.05, 4.69) is 23.9 Å². The Labute approximate surface area is 319 Å². The molecule has 1 saturated heterocycles. The van der Waals surface area contributed by atoms with Crippen molar-refractivity contribution in [2.75, 3.05) is 20.2 Å². The molecule has 2 aromatic heterocycles. The Hall–Kier alpha value is -3.75. The lowest BCUT2D eigenvalue weighted by molar-refractivity contribution is -0.131. The van der Waals surface area contributed by atoms with E-state index in [9.17, 15) is 22.8 Å². The number of carbonyl (C=O) groups excluding carboxylic acids is 3. The van der Waals surface area contributed by atoms with E-state index in [-0.39, 0.29) is 43.0 Å². The van der Waals surface area contributed by atoms with E-state index in [1.54, 1.807) is 13.0 Å². The lowest BCUT2D eigenvalue weighted by atomic mass is 9.91. The van der Waals surface area contributed by atoms with Gasteiger partial charge in [0, 0.05) is 36.2 Å². The van der Waals surface area contributed by atoms with Crippen molar-refractivity contribution < 1.29 is 32.3 Å². The summed E-state index contributed by atoms with van der Waals surface area (Å²) < 4.78 is 39.8. The number of hydrogen-bond acceptors (Lipinski definition) is 10. The highest BCUT2D eigenvalue weighted by atomic mass is 35.5. The molecule has 3 aromatic rings. The predicted molar refractivity (Wildman–Crippen MR) is 204 cm³/mol. The fourth-order valence-electron chi connectivity index (χ4n) is 7.31. The third kappa shape index (κ3) is 7.38. The van der Waals surface area contributed by atoms with Crippen LogP contribution in [-0.2, 0) is 19.6 Å². The molecule has 53 heavy (non-hydrogen) atoms. The summed E-state index contributed by atoms with van der Waals surface area (Å²) in [5.74, 6) is -0.0786. The number of methoxy groups -OCH3 is 1. The summed E-state index contributed by atoms with van der Waals surface area (Å²) in [4.78, 5) is 53.0. The standard InChI is InChI=1S/C38H46ClN5O7S2/c1-22(2)27-21-52-34(42-27)26-17-31(25-11-12-30(50-4)32(39)33(25)41-26)51-24-16-28-29(45)19-38(35(46)43-53(48,49)37(3)13-14-37)18-23(38)10-8-6-5-7-9-15-40-36(47)44(28)20-24/h8,10-12,17,21-24,28H,5-7,9,13-16,18-20H2,1-4H3,(H,40,47)(H,43,46)/b10-8-/t23-,24-,28+,38-/m1/s1. The number of halogens is 1. The van der Waals surface area contributed by atoms with Gasteiger partial charge in [0.15, 0.2) is 5.78 Å². The Morgan fingerprint density at radius 2 is 1.94 bits per heavy atom. The van der Waals surface area contributed by atoms with Crippen molar-refractivity contribution in [3.05, 3.63) is 46.4 Å². The number of amides is 3. The number of ether oxygens (including phenoxy) is 2. The number of aromatic nitrogens is 2. The summed E-state index contributed by atoms with van der Waals surface area (Å²) >= 11 is 8.26. The minimum Gasteiger partial charge on any atom is -0.495 e. The molecule has 2 N–H and O–H groups in total. The van der Waals surface area contributed by atoms with Gasteiger partial charge in [-0.3, -0.25) is 14.3 Å². The number of ketones is 1. The first-order valence-corrected chi connectivity index (χ1v) is 21.1. The van der Waals surface area contributed by atoms with Crippen molar-refractivity contribution in [1.29, 1.82) is 0 Å². The molecule has 1 aromatic carbocycles. The van der Waals surface area contributed by atoms with Crippen LogP contribution in [0, 0.1) is 11.3 Å². The number of fused-ring (bicyclic) bond motifs is 3. The molecule has 4 aliphatic rings. The lowest BCUT2D eigenvalue weighted by Crippen LogP contribution is -2.48. The molecule has 0 bridgehead atoms. The largest absolute Gasteiger partial charge is 0.495 e. The number of carbonyl (C=O) groups is 3. The van der Waals surface area contributed by atoms with Gasteiger partial charge < -0.3 is 19.7 Å². The second-order valence-corrected chi connectivity index (χ2v) is 18.8. The maximum Gasteiger partial charge on any atom is 0.318 e. The number of Topliss-reactive ketones (excluding diaryl/α,β-unsaturated/α-hetero) is 1. The van der Waals surface area contributed by atoms with Crippen LogP contribution in [0.4, 0.5) is 4.79 Å². The zero-order chi connectivity index (χ0) is 37.7. The molecular weight excluding hydrogens is 738 g/mol. The van der Waals surface area contributed by atoms with Gasteiger partial charge in [-0.2, -0.15) is 0 Å². The first kappa shape index (κ1) is 37.6. The van der Waals surface area contributed by atoms with Crippen molar-refractivity contribution in [3.63, 3.8) is 0 Å². The van der Waals surface area contributed by atoms with Crippen LogP contribution in [-0.4, -0.2) is 78.1 Å². The average Bonchev–Trinajstić information content (AvgIpc) is 3.89. The summed E-state index contributed by atoms with van der Waals surface area (Å²) in [6.07, 6.45) is 8.08. The predicted octanol–water partition coefficient (Wildman–Crippen LogP) is 6.77. The molecule has 2 aliphatic heterocycles. The van der Waals surface area contributed by atoms with Gasteiger partial charge in [0.2, 0.25) is 15.9 Å². The summed E-state index contributed by atoms with van der Waals surface area (Å²) in [6, 6.07) is 4.10. The van der Waals surface area contributed by atoms with Gasteiger partial charge in [0.25, 0.3) is 0 Å². The van der Waals surface area contributed by atoms with E-state index < -0.39 is 38.2 Å². The number of hydrogen-bond donors (Lipinski definition) is 2. The molecule has 3 fully saturated rings. The Morgan fingerprint density at radius 1 is 1.15 bits per heavy atom. The van der Waals surface area contributed by atoms with E-state index >= 15 is 0 Å². The van der Waals surface area contributed by atoms with Gasteiger partial charge in [-0.25, -0.2) is 23.2 Å². The number of benzene rings is 1. The molecule has 2 aliphatic carbocycles. The van der Waals surface area contributed by atoms with E-state index in [4.69, 9.17) is 31.0 Å². The zero-order valence-corrected chi connectivity index (χ0v) is 32.8. The van der Waals surface area contributed by atoms with Gasteiger partial charge in [-0.05, 0) is 69.4 Å². The highest BCUT2D eigenvalue weighted by Crippen LogP contribution is 2.57. The van der Waals surface area contributed by atoms with Crippen molar-refractivity contribution in [1.82, 2.24) is 24.9 Å². The summed E-state index contributed by atoms with van der Waals surface area (Å²) in [5.41, 5.74) is 0.770. The zero-order valence-electron chi connectivity index (χ0n) is 30.4.